The van der Waals surface area contributed by atoms with Crippen LogP contribution in [0.4, 0.5) is 0 Å². The Bertz CT molecular complexity index is 1060. The molecular weight excluding hydrogens is 362 g/mol. The lowest BCUT2D eigenvalue weighted by atomic mass is 10.2. The quantitative estimate of drug-likeness (QED) is 0.671. The van der Waals surface area contributed by atoms with Crippen LogP contribution in [0.15, 0.2) is 27.9 Å². The van der Waals surface area contributed by atoms with Crippen LogP contribution in [0.5, 0.6) is 5.75 Å². The molecule has 0 saturated heterocycles. The number of H-pyrrole nitrogens is 1. The lowest BCUT2D eigenvalue weighted by molar-refractivity contribution is 0.313. The largest absolute Gasteiger partial charge is 0.488 e. The van der Waals surface area contributed by atoms with Gasteiger partial charge in [0.25, 0.3) is 5.56 Å². The number of thiophene rings is 1. The Balaban J connectivity index is 2.04. The zero-order valence-electron chi connectivity index (χ0n) is 16.2. The first-order chi connectivity index (χ1) is 12.9. The Morgan fingerprint density at radius 2 is 2.04 bits per heavy atom. The van der Waals surface area contributed by atoms with Crippen LogP contribution in [-0.4, -0.2) is 21.1 Å². The van der Waals surface area contributed by atoms with E-state index in [-0.39, 0.29) is 23.5 Å². The van der Waals surface area contributed by atoms with Crippen LogP contribution in [0.1, 0.15) is 56.4 Å². The lowest BCUT2D eigenvalue weighted by Crippen LogP contribution is -2.27. The van der Waals surface area contributed by atoms with Crippen molar-refractivity contribution in [2.24, 2.45) is 0 Å². The fraction of sp³-hybridized carbons (Fsp3) is 0.450. The predicted molar refractivity (Wildman–Crippen MR) is 109 cm³/mol. The smallest absolute Gasteiger partial charge is 0.262 e. The normalized spacial score (nSPS) is 11.4. The second-order valence-electron chi connectivity index (χ2n) is 6.84. The van der Waals surface area contributed by atoms with E-state index in [2.05, 4.69) is 11.9 Å². The van der Waals surface area contributed by atoms with E-state index in [0.29, 0.717) is 23.4 Å². The number of aryl methyl sites for hydroxylation is 1. The minimum Gasteiger partial charge on any atom is -0.488 e. The van der Waals surface area contributed by atoms with Crippen LogP contribution in [0.3, 0.4) is 0 Å². The molecule has 3 aromatic heterocycles. The highest BCUT2D eigenvalue weighted by molar-refractivity contribution is 7.18. The predicted octanol–water partition coefficient (Wildman–Crippen LogP) is 3.67. The van der Waals surface area contributed by atoms with Crippen molar-refractivity contribution in [2.75, 3.05) is 6.61 Å². The van der Waals surface area contributed by atoms with Crippen molar-refractivity contribution < 1.29 is 4.74 Å². The maximum atomic E-state index is 13.1. The van der Waals surface area contributed by atoms with E-state index in [9.17, 15) is 9.59 Å². The standard InChI is InChI=1S/C20H25N3O3S/c1-5-7-26-17-10-21-13(8-16(17)24)11-23-18(12(3)4)22-19-15(20(23)25)9-14(6-2)27-19/h8-10,12H,5-7,11H2,1-4H3,(H,21,24). The number of fused-ring (bicyclic) bond motifs is 1. The SMILES string of the molecule is CCCOc1c[nH]c(Cn2c(C(C)C)nc3sc(CC)cc3c2=O)cc1=O. The van der Waals surface area contributed by atoms with Crippen molar-refractivity contribution in [3.63, 3.8) is 0 Å². The molecular formula is C20H25N3O3S. The zero-order valence-corrected chi connectivity index (χ0v) is 17.0. The molecule has 1 N–H and O–H groups in total. The maximum Gasteiger partial charge on any atom is 0.262 e. The summed E-state index contributed by atoms with van der Waals surface area (Å²) in [5.74, 6) is 1.12. The van der Waals surface area contributed by atoms with Gasteiger partial charge in [-0.25, -0.2) is 4.98 Å². The van der Waals surface area contributed by atoms with Crippen molar-refractivity contribution >= 4 is 21.6 Å². The molecule has 3 aromatic rings. The highest BCUT2D eigenvalue weighted by atomic mass is 32.1. The molecule has 0 fully saturated rings. The number of nitrogens with zero attached hydrogens (tertiary/aromatic N) is 2. The molecule has 0 aliphatic heterocycles. The van der Waals surface area contributed by atoms with Crippen LogP contribution in [0, 0.1) is 0 Å². The zero-order chi connectivity index (χ0) is 19.6. The number of pyridine rings is 1. The maximum absolute atomic E-state index is 13.1. The summed E-state index contributed by atoms with van der Waals surface area (Å²) < 4.78 is 7.09. The number of hydrogen-bond donors (Lipinski definition) is 1. The van der Waals surface area contributed by atoms with Crippen LogP contribution < -0.4 is 15.7 Å². The lowest BCUT2D eigenvalue weighted by Gasteiger charge is -2.15. The Hall–Kier alpha value is -2.41. The van der Waals surface area contributed by atoms with Gasteiger partial charge in [0.2, 0.25) is 5.43 Å². The van der Waals surface area contributed by atoms with Gasteiger partial charge in [0.05, 0.1) is 18.5 Å². The summed E-state index contributed by atoms with van der Waals surface area (Å²) in [5, 5.41) is 0.645. The van der Waals surface area contributed by atoms with Crippen molar-refractivity contribution in [3.05, 3.63) is 55.3 Å². The van der Waals surface area contributed by atoms with Gasteiger partial charge in [-0.2, -0.15) is 0 Å². The van der Waals surface area contributed by atoms with Gasteiger partial charge in [0, 0.05) is 28.8 Å². The molecule has 0 amide bonds. The summed E-state index contributed by atoms with van der Waals surface area (Å²) >= 11 is 1.57. The Morgan fingerprint density at radius 3 is 2.67 bits per heavy atom. The van der Waals surface area contributed by atoms with Gasteiger partial charge in [0.1, 0.15) is 10.7 Å². The van der Waals surface area contributed by atoms with E-state index >= 15 is 0 Å². The van der Waals surface area contributed by atoms with Crippen molar-refractivity contribution in [3.8, 4) is 5.75 Å². The van der Waals surface area contributed by atoms with Crippen molar-refractivity contribution in [1.82, 2.24) is 14.5 Å². The number of hydrogen-bond acceptors (Lipinski definition) is 5. The van der Waals surface area contributed by atoms with E-state index in [1.165, 1.54) is 6.07 Å². The minimum absolute atomic E-state index is 0.0631. The fourth-order valence-corrected chi connectivity index (χ4v) is 3.90. The third-order valence-corrected chi connectivity index (χ3v) is 5.50. The van der Waals surface area contributed by atoms with Crippen molar-refractivity contribution in [2.45, 2.75) is 53.0 Å². The number of nitrogens with one attached hydrogen (secondary N) is 1. The summed E-state index contributed by atoms with van der Waals surface area (Å²) in [6.45, 7) is 8.86. The molecule has 3 heterocycles. The molecule has 0 aliphatic carbocycles. The van der Waals surface area contributed by atoms with Gasteiger partial charge in [-0.05, 0) is 18.9 Å². The fourth-order valence-electron chi connectivity index (χ4n) is 2.94. The van der Waals surface area contributed by atoms with Crippen LogP contribution >= 0.6 is 11.3 Å². The van der Waals surface area contributed by atoms with E-state index < -0.39 is 0 Å². The van der Waals surface area contributed by atoms with Gasteiger partial charge >= 0.3 is 0 Å². The first-order valence-corrected chi connectivity index (χ1v) is 10.1. The van der Waals surface area contributed by atoms with E-state index in [1.54, 1.807) is 22.1 Å². The molecule has 0 unspecified atom stereocenters. The molecule has 0 aliphatic rings. The first kappa shape index (κ1) is 19.4. The molecule has 0 bridgehead atoms. The third kappa shape index (κ3) is 3.98. The third-order valence-electron chi connectivity index (χ3n) is 4.32. The Kier molecular flexibility index (Phi) is 5.79. The second-order valence-corrected chi connectivity index (χ2v) is 7.95. The summed E-state index contributed by atoms with van der Waals surface area (Å²) in [4.78, 5) is 35.1. The average Bonchev–Trinajstić information content (AvgIpc) is 3.06. The van der Waals surface area contributed by atoms with Gasteiger partial charge in [-0.15, -0.1) is 11.3 Å². The van der Waals surface area contributed by atoms with Crippen LogP contribution in [0.25, 0.3) is 10.2 Å². The molecule has 27 heavy (non-hydrogen) atoms. The van der Waals surface area contributed by atoms with Gasteiger partial charge in [-0.3, -0.25) is 14.2 Å². The number of ether oxygens (including phenoxy) is 1. The number of aromatic nitrogens is 3. The monoisotopic (exact) mass is 387 g/mol. The molecule has 144 valence electrons. The molecule has 3 rings (SSSR count). The molecule has 0 aromatic carbocycles. The van der Waals surface area contributed by atoms with E-state index in [1.807, 2.05) is 26.8 Å². The number of rotatable bonds is 7. The van der Waals surface area contributed by atoms with Gasteiger partial charge in [0.15, 0.2) is 5.75 Å². The highest BCUT2D eigenvalue weighted by Crippen LogP contribution is 2.24. The van der Waals surface area contributed by atoms with Crippen molar-refractivity contribution in [1.29, 1.82) is 0 Å². The molecule has 0 radical (unpaired) electrons. The number of aromatic amines is 1. The first-order valence-electron chi connectivity index (χ1n) is 9.32. The van der Waals surface area contributed by atoms with Crippen LogP contribution in [-0.2, 0) is 13.0 Å². The molecule has 7 heteroatoms. The second kappa shape index (κ2) is 8.08. The highest BCUT2D eigenvalue weighted by Gasteiger charge is 2.17. The minimum atomic E-state index is -0.186. The summed E-state index contributed by atoms with van der Waals surface area (Å²) in [6, 6.07) is 3.43. The molecule has 0 spiro atoms. The summed E-state index contributed by atoms with van der Waals surface area (Å²) in [7, 11) is 0. The Labute approximate surface area is 161 Å². The van der Waals surface area contributed by atoms with E-state index in [0.717, 1.165) is 28.4 Å². The molecule has 6 nitrogen and oxygen atoms in total. The molecule has 0 saturated carbocycles. The van der Waals surface area contributed by atoms with Gasteiger partial charge in [-0.1, -0.05) is 27.7 Å². The van der Waals surface area contributed by atoms with Gasteiger partial charge < -0.3 is 9.72 Å². The topological polar surface area (TPSA) is 77.0 Å². The summed E-state index contributed by atoms with van der Waals surface area (Å²) in [5.41, 5.74) is 0.404. The molecule has 0 atom stereocenters. The average molecular weight is 388 g/mol. The Morgan fingerprint density at radius 1 is 1.26 bits per heavy atom. The summed E-state index contributed by atoms with van der Waals surface area (Å²) in [6.07, 6.45) is 3.28. The van der Waals surface area contributed by atoms with E-state index in [4.69, 9.17) is 9.72 Å². The van der Waals surface area contributed by atoms with Crippen LogP contribution in [0.2, 0.25) is 0 Å².